The van der Waals surface area contributed by atoms with E-state index in [0.29, 0.717) is 0 Å². The molecule has 278 valence electrons. The minimum Gasteiger partial charge on any atom is -0.309 e. The summed E-state index contributed by atoms with van der Waals surface area (Å²) < 4.78 is 4.80. The molecule has 5 heteroatoms. The maximum absolute atomic E-state index is 5.43. The highest BCUT2D eigenvalue weighted by Crippen LogP contribution is 2.46. The van der Waals surface area contributed by atoms with Crippen LogP contribution in [0, 0.1) is 0 Å². The van der Waals surface area contributed by atoms with Crippen LogP contribution < -0.4 is 0 Å². The molecule has 0 saturated heterocycles. The number of fused-ring (bicyclic) bond motifs is 13. The first-order chi connectivity index (χ1) is 29.8. The second kappa shape index (κ2) is 12.7. The lowest BCUT2D eigenvalue weighted by Gasteiger charge is -2.20. The summed E-state index contributed by atoms with van der Waals surface area (Å²) in [5.74, 6) is 0. The molecule has 13 rings (SSSR count). The third kappa shape index (κ3) is 4.66. The van der Waals surface area contributed by atoms with Crippen molar-refractivity contribution in [3.8, 4) is 33.6 Å². The minimum absolute atomic E-state index is 0.941. The smallest absolute Gasteiger partial charge is 0.0788 e. The normalized spacial score (nSPS) is 12.0. The van der Waals surface area contributed by atoms with Crippen LogP contribution in [0.1, 0.15) is 0 Å². The Morgan fingerprint density at radius 2 is 0.917 bits per heavy atom. The Morgan fingerprint density at radius 3 is 1.57 bits per heavy atom. The van der Waals surface area contributed by atoms with E-state index in [1.54, 1.807) is 0 Å². The molecule has 0 unspecified atom stereocenters. The molecule has 0 radical (unpaired) electrons. The number of rotatable bonds is 4. The van der Waals surface area contributed by atoms with Gasteiger partial charge in [-0.1, -0.05) is 109 Å². The van der Waals surface area contributed by atoms with E-state index in [-0.39, 0.29) is 0 Å². The molecule has 0 aliphatic carbocycles. The Bertz CT molecular complexity index is 3630. The van der Waals surface area contributed by atoms with Gasteiger partial charge in [0.05, 0.1) is 39.5 Å². The van der Waals surface area contributed by atoms with Crippen molar-refractivity contribution in [1.29, 1.82) is 0 Å². The molecule has 0 aliphatic rings. The van der Waals surface area contributed by atoms with Gasteiger partial charge in [0.25, 0.3) is 0 Å². The van der Waals surface area contributed by atoms with E-state index in [2.05, 4.69) is 183 Å². The van der Waals surface area contributed by atoms with Crippen LogP contribution in [0.15, 0.2) is 201 Å². The minimum atomic E-state index is 0.941. The quantitative estimate of drug-likeness (QED) is 0.168. The first kappa shape index (κ1) is 32.9. The lowest BCUT2D eigenvalue weighted by Crippen LogP contribution is -2.00. The summed E-state index contributed by atoms with van der Waals surface area (Å²) in [5.41, 5.74) is 12.0. The van der Waals surface area contributed by atoms with Crippen molar-refractivity contribution in [2.75, 3.05) is 0 Å². The predicted octanol–water partition coefficient (Wildman–Crippen LogP) is 14.0. The van der Waals surface area contributed by atoms with Gasteiger partial charge in [0, 0.05) is 73.9 Å². The fourth-order valence-electron chi connectivity index (χ4n) is 10.00. The number of para-hydroxylation sites is 2. The number of hydrogen-bond acceptors (Lipinski definition) is 3. The molecule has 13 aromatic rings. The fourth-order valence-corrected chi connectivity index (χ4v) is 10.00. The predicted molar refractivity (Wildman–Crippen MR) is 249 cm³/mol. The van der Waals surface area contributed by atoms with Crippen LogP contribution in [0.5, 0.6) is 0 Å². The van der Waals surface area contributed by atoms with E-state index in [1.165, 1.54) is 54.1 Å². The molecule has 0 atom stereocenters. The van der Waals surface area contributed by atoms with Gasteiger partial charge in [-0.3, -0.25) is 15.0 Å². The van der Waals surface area contributed by atoms with E-state index in [9.17, 15) is 0 Å². The van der Waals surface area contributed by atoms with Crippen LogP contribution >= 0.6 is 0 Å². The van der Waals surface area contributed by atoms with Gasteiger partial charge in [0.15, 0.2) is 0 Å². The van der Waals surface area contributed by atoms with Crippen molar-refractivity contribution < 1.29 is 0 Å². The van der Waals surface area contributed by atoms with Crippen LogP contribution in [0.2, 0.25) is 0 Å². The van der Waals surface area contributed by atoms with Crippen molar-refractivity contribution in [2.45, 2.75) is 0 Å². The van der Waals surface area contributed by atoms with E-state index >= 15 is 0 Å². The van der Waals surface area contributed by atoms with Crippen molar-refractivity contribution in [3.63, 3.8) is 0 Å². The summed E-state index contributed by atoms with van der Waals surface area (Å²) in [4.78, 5) is 14.6. The average Bonchev–Trinajstić information content (AvgIpc) is 3.85. The Kier molecular flexibility index (Phi) is 6.95. The Hall–Kier alpha value is -8.15. The number of hydrogen-bond donors (Lipinski definition) is 0. The molecule has 5 aromatic heterocycles. The van der Waals surface area contributed by atoms with Crippen molar-refractivity contribution >= 4 is 86.8 Å². The molecule has 0 amide bonds. The maximum atomic E-state index is 5.43. The van der Waals surface area contributed by atoms with Gasteiger partial charge in [-0.05, 0) is 98.7 Å². The monoisotopic (exact) mass is 763 g/mol. The molecule has 0 aliphatic heterocycles. The van der Waals surface area contributed by atoms with Crippen LogP contribution in [-0.4, -0.2) is 24.1 Å². The Morgan fingerprint density at radius 1 is 0.333 bits per heavy atom. The van der Waals surface area contributed by atoms with Gasteiger partial charge in [-0.2, -0.15) is 0 Å². The second-order valence-corrected chi connectivity index (χ2v) is 15.6. The zero-order chi connectivity index (χ0) is 39.3. The second-order valence-electron chi connectivity index (χ2n) is 15.6. The zero-order valence-electron chi connectivity index (χ0n) is 32.3. The molecule has 0 N–H and O–H groups in total. The van der Waals surface area contributed by atoms with Crippen LogP contribution in [0.25, 0.3) is 120 Å². The zero-order valence-corrected chi connectivity index (χ0v) is 32.3. The third-order valence-corrected chi connectivity index (χ3v) is 12.5. The first-order valence-electron chi connectivity index (χ1n) is 20.3. The summed E-state index contributed by atoms with van der Waals surface area (Å²) in [5, 5.41) is 13.2. The lowest BCUT2D eigenvalue weighted by atomic mass is 9.87. The van der Waals surface area contributed by atoms with Crippen LogP contribution in [-0.2, 0) is 0 Å². The average molecular weight is 764 g/mol. The standard InChI is InChI=1S/C55H33N5/c1-3-13-40-34(10-1)19-23-49-53(40)43-15-5-7-17-47(43)59(49)38-21-22-42-45(30-38)51(36-25-28-56-29-26-36)52(37-12-9-27-57-32-37)46-31-39(33-58-55(42)46)60-48-18-8-6-16-44(48)54-41-14-4-2-11-35(41)20-24-50(54)60/h1-33H. The van der Waals surface area contributed by atoms with E-state index in [1.807, 2.05) is 37.1 Å². The van der Waals surface area contributed by atoms with Gasteiger partial charge in [-0.15, -0.1) is 0 Å². The Labute approximate surface area is 344 Å². The fraction of sp³-hybridized carbons (Fsp3) is 0. The van der Waals surface area contributed by atoms with Gasteiger partial charge in [0.1, 0.15) is 0 Å². The molecule has 5 nitrogen and oxygen atoms in total. The summed E-state index contributed by atoms with van der Waals surface area (Å²) >= 11 is 0. The van der Waals surface area contributed by atoms with Crippen molar-refractivity contribution in [2.24, 2.45) is 0 Å². The topological polar surface area (TPSA) is 48.5 Å². The van der Waals surface area contributed by atoms with Gasteiger partial charge in [0.2, 0.25) is 0 Å². The van der Waals surface area contributed by atoms with Crippen molar-refractivity contribution in [1.82, 2.24) is 24.1 Å². The summed E-state index contributed by atoms with van der Waals surface area (Å²) in [6.07, 6.45) is 9.64. The van der Waals surface area contributed by atoms with Crippen LogP contribution in [0.3, 0.4) is 0 Å². The molecule has 0 spiro atoms. The molecule has 0 fully saturated rings. The number of benzene rings is 8. The highest BCUT2D eigenvalue weighted by molar-refractivity contribution is 6.24. The summed E-state index contributed by atoms with van der Waals surface area (Å²) in [7, 11) is 0. The van der Waals surface area contributed by atoms with E-state index < -0.39 is 0 Å². The molecule has 60 heavy (non-hydrogen) atoms. The van der Waals surface area contributed by atoms with E-state index in [4.69, 9.17) is 4.98 Å². The summed E-state index contributed by atoms with van der Waals surface area (Å²) in [6.45, 7) is 0. The van der Waals surface area contributed by atoms with Crippen molar-refractivity contribution in [3.05, 3.63) is 201 Å². The number of nitrogens with zero attached hydrogens (tertiary/aromatic N) is 5. The molecule has 5 heterocycles. The molecular weight excluding hydrogens is 731 g/mol. The Balaban J connectivity index is 1.15. The summed E-state index contributed by atoms with van der Waals surface area (Å²) in [6, 6.07) is 61.5. The highest BCUT2D eigenvalue weighted by Gasteiger charge is 2.23. The number of pyridine rings is 3. The molecular formula is C55H33N5. The van der Waals surface area contributed by atoms with Gasteiger partial charge in [-0.25, -0.2) is 0 Å². The lowest BCUT2D eigenvalue weighted by molar-refractivity contribution is 1.16. The maximum Gasteiger partial charge on any atom is 0.0788 e. The number of aromatic nitrogens is 5. The third-order valence-electron chi connectivity index (χ3n) is 12.5. The largest absolute Gasteiger partial charge is 0.309 e. The van der Waals surface area contributed by atoms with Gasteiger partial charge >= 0.3 is 0 Å². The highest BCUT2D eigenvalue weighted by atomic mass is 15.0. The van der Waals surface area contributed by atoms with Crippen LogP contribution in [0.4, 0.5) is 0 Å². The molecule has 0 saturated carbocycles. The van der Waals surface area contributed by atoms with E-state index in [0.717, 1.165) is 66.3 Å². The molecule has 8 aromatic carbocycles. The van der Waals surface area contributed by atoms with Gasteiger partial charge < -0.3 is 9.13 Å². The SMILES string of the molecule is c1cncc(-c2c(-c3ccncc3)c3cc(-n4c5ccccc5c5c6ccccc6ccc54)ccc3c3ncc(-n4c5ccccc5c5c6ccccc6ccc54)cc23)c1. The molecule has 0 bridgehead atoms. The first-order valence-corrected chi connectivity index (χ1v) is 20.3.